The number of halogens is 5. The van der Waals surface area contributed by atoms with E-state index in [0.717, 1.165) is 0 Å². The third kappa shape index (κ3) is 7.66. The Morgan fingerprint density at radius 3 is 2.13 bits per heavy atom. The number of carboxylic acids is 1. The number of ketones is 1. The molecule has 2 N–H and O–H groups in total. The Labute approximate surface area is 227 Å². The fraction of sp³-hybridized carbons (Fsp3) is 0.276. The summed E-state index contributed by atoms with van der Waals surface area (Å²) in [5.41, 5.74) is -0.458. The minimum absolute atomic E-state index is 0.0515. The van der Waals surface area contributed by atoms with Gasteiger partial charge in [0.05, 0.1) is 23.5 Å². The van der Waals surface area contributed by atoms with Gasteiger partial charge in [-0.3, -0.25) is 14.4 Å². The number of carboxylic acid groups (broad SMARTS) is 1. The fourth-order valence-electron chi connectivity index (χ4n) is 4.40. The zero-order valence-electron chi connectivity index (χ0n) is 20.9. The van der Waals surface area contributed by atoms with Gasteiger partial charge in [-0.05, 0) is 65.9 Å². The van der Waals surface area contributed by atoms with Crippen LogP contribution in [0.5, 0.6) is 0 Å². The second-order valence-electron chi connectivity index (χ2n) is 9.00. The van der Waals surface area contributed by atoms with Gasteiger partial charge in [0.15, 0.2) is 5.78 Å². The minimum Gasteiger partial charge on any atom is -0.481 e. The molecule has 2 atom stereocenters. The zero-order chi connectivity index (χ0) is 28.7. The van der Waals surface area contributed by atoms with Gasteiger partial charge in [-0.15, -0.1) is 0 Å². The van der Waals surface area contributed by atoms with Crippen LogP contribution in [0.25, 0.3) is 0 Å². The van der Waals surface area contributed by atoms with Gasteiger partial charge in [-0.25, -0.2) is 4.39 Å². The maximum atomic E-state index is 14.8. The standard InChI is InChI=1S/C29H26ClF4NO4/c1-2-3-22(17-4-6-19(7-5-17)28(39)35-15-14-25(36)37)26(18-8-11-21(30)12-9-18)27(38)23-16-20(29(32,33)34)10-13-24(23)31/h4-13,16,22,26H,2-3,14-15H2,1H3,(H,35,39)(H,36,37). The van der Waals surface area contributed by atoms with Gasteiger partial charge >= 0.3 is 12.1 Å². The summed E-state index contributed by atoms with van der Waals surface area (Å²) in [6, 6.07) is 14.3. The molecule has 0 aromatic heterocycles. The molecule has 0 aliphatic heterocycles. The first-order valence-corrected chi connectivity index (χ1v) is 12.6. The van der Waals surface area contributed by atoms with Crippen molar-refractivity contribution in [3.63, 3.8) is 0 Å². The molecule has 0 fully saturated rings. The second kappa shape index (κ2) is 12.9. The number of hydrogen-bond donors (Lipinski definition) is 2. The monoisotopic (exact) mass is 563 g/mol. The van der Waals surface area contributed by atoms with Crippen molar-refractivity contribution in [2.24, 2.45) is 0 Å². The summed E-state index contributed by atoms with van der Waals surface area (Å²) in [6.45, 7) is 1.83. The number of rotatable bonds is 11. The number of benzene rings is 3. The van der Waals surface area contributed by atoms with Gasteiger partial charge in [-0.2, -0.15) is 13.2 Å². The third-order valence-electron chi connectivity index (χ3n) is 6.30. The Morgan fingerprint density at radius 1 is 0.949 bits per heavy atom. The predicted molar refractivity (Wildman–Crippen MR) is 139 cm³/mol. The Balaban J connectivity index is 2.04. The van der Waals surface area contributed by atoms with Crippen LogP contribution in [0.4, 0.5) is 17.6 Å². The van der Waals surface area contributed by atoms with E-state index in [1.807, 2.05) is 6.92 Å². The number of Topliss-reactive ketones (excluding diaryl/α,β-unsaturated/α-hetero) is 1. The summed E-state index contributed by atoms with van der Waals surface area (Å²) >= 11 is 6.03. The predicted octanol–water partition coefficient (Wildman–Crippen LogP) is 7.25. The summed E-state index contributed by atoms with van der Waals surface area (Å²) in [5, 5.41) is 11.6. The highest BCUT2D eigenvalue weighted by Gasteiger charge is 2.36. The molecule has 3 aromatic carbocycles. The van der Waals surface area contributed by atoms with Gasteiger partial charge < -0.3 is 10.4 Å². The van der Waals surface area contributed by atoms with Crippen LogP contribution in [0.1, 0.15) is 75.4 Å². The molecular weight excluding hydrogens is 538 g/mol. The maximum absolute atomic E-state index is 14.8. The number of nitrogens with one attached hydrogen (secondary N) is 1. The second-order valence-corrected chi connectivity index (χ2v) is 9.44. The summed E-state index contributed by atoms with van der Waals surface area (Å²) < 4.78 is 55.0. The van der Waals surface area contributed by atoms with Gasteiger partial charge in [0.1, 0.15) is 5.82 Å². The summed E-state index contributed by atoms with van der Waals surface area (Å²) in [4.78, 5) is 36.9. The highest BCUT2D eigenvalue weighted by atomic mass is 35.5. The zero-order valence-corrected chi connectivity index (χ0v) is 21.7. The average Bonchev–Trinajstić information content (AvgIpc) is 2.88. The van der Waals surface area contributed by atoms with E-state index in [9.17, 15) is 31.9 Å². The molecular formula is C29H26ClF4NO4. The number of alkyl halides is 3. The Morgan fingerprint density at radius 2 is 1.56 bits per heavy atom. The smallest absolute Gasteiger partial charge is 0.416 e. The maximum Gasteiger partial charge on any atom is 0.416 e. The van der Waals surface area contributed by atoms with Crippen LogP contribution < -0.4 is 5.32 Å². The van der Waals surface area contributed by atoms with Crippen molar-refractivity contribution < 1.29 is 37.1 Å². The number of carbonyl (C=O) groups is 3. The molecule has 0 aliphatic rings. The van der Waals surface area contributed by atoms with Crippen LogP contribution in [-0.2, 0) is 11.0 Å². The van der Waals surface area contributed by atoms with Crippen molar-refractivity contribution in [2.75, 3.05) is 6.54 Å². The summed E-state index contributed by atoms with van der Waals surface area (Å²) in [6.07, 6.45) is -3.96. The molecule has 5 nitrogen and oxygen atoms in total. The molecule has 39 heavy (non-hydrogen) atoms. The highest BCUT2D eigenvalue weighted by molar-refractivity contribution is 6.30. The van der Waals surface area contributed by atoms with Gasteiger partial charge in [-0.1, -0.05) is 49.2 Å². The van der Waals surface area contributed by atoms with E-state index in [0.29, 0.717) is 47.2 Å². The van der Waals surface area contributed by atoms with Crippen LogP contribution in [-0.4, -0.2) is 29.3 Å². The molecule has 206 valence electrons. The summed E-state index contributed by atoms with van der Waals surface area (Å²) in [7, 11) is 0. The number of aliphatic carboxylic acids is 1. The van der Waals surface area contributed by atoms with Crippen molar-refractivity contribution in [3.8, 4) is 0 Å². The molecule has 0 saturated carbocycles. The fourth-order valence-corrected chi connectivity index (χ4v) is 4.52. The number of carbonyl (C=O) groups excluding carboxylic acids is 2. The normalized spacial score (nSPS) is 13.0. The van der Waals surface area contributed by atoms with Gasteiger partial charge in [0.25, 0.3) is 5.91 Å². The minimum atomic E-state index is -4.76. The van der Waals surface area contributed by atoms with E-state index in [-0.39, 0.29) is 18.5 Å². The van der Waals surface area contributed by atoms with Crippen LogP contribution in [0, 0.1) is 5.82 Å². The molecule has 0 bridgehead atoms. The molecule has 0 aliphatic carbocycles. The van der Waals surface area contributed by atoms with Crippen LogP contribution in [0.3, 0.4) is 0 Å². The lowest BCUT2D eigenvalue weighted by Crippen LogP contribution is -2.26. The Hall–Kier alpha value is -3.72. The Kier molecular flexibility index (Phi) is 9.86. The highest BCUT2D eigenvalue weighted by Crippen LogP contribution is 2.41. The first-order chi connectivity index (χ1) is 18.4. The number of hydrogen-bond acceptors (Lipinski definition) is 3. The van der Waals surface area contributed by atoms with Crippen molar-refractivity contribution in [3.05, 3.63) is 105 Å². The number of amides is 1. The third-order valence-corrected chi connectivity index (χ3v) is 6.55. The van der Waals surface area contributed by atoms with E-state index in [1.54, 1.807) is 36.4 Å². The molecule has 0 saturated heterocycles. The van der Waals surface area contributed by atoms with Gasteiger partial charge in [0, 0.05) is 17.1 Å². The first-order valence-electron chi connectivity index (χ1n) is 12.2. The lowest BCUT2D eigenvalue weighted by Gasteiger charge is -2.28. The van der Waals surface area contributed by atoms with E-state index in [1.165, 1.54) is 12.1 Å². The SMILES string of the molecule is CCCC(c1ccc(C(=O)NCCC(=O)O)cc1)C(C(=O)c1cc(C(F)(F)F)ccc1F)c1ccc(Cl)cc1. The molecule has 3 aromatic rings. The Bertz CT molecular complexity index is 1320. The quantitative estimate of drug-likeness (QED) is 0.190. The molecule has 10 heteroatoms. The van der Waals surface area contributed by atoms with E-state index in [2.05, 4.69) is 5.32 Å². The van der Waals surface area contributed by atoms with Crippen LogP contribution >= 0.6 is 11.6 Å². The van der Waals surface area contributed by atoms with Crippen LogP contribution in [0.2, 0.25) is 5.02 Å². The lowest BCUT2D eigenvalue weighted by molar-refractivity contribution is -0.138. The van der Waals surface area contributed by atoms with E-state index < -0.39 is 52.6 Å². The van der Waals surface area contributed by atoms with Crippen LogP contribution in [0.15, 0.2) is 66.7 Å². The van der Waals surface area contributed by atoms with Gasteiger partial charge in [0.2, 0.25) is 0 Å². The van der Waals surface area contributed by atoms with Crippen molar-refractivity contribution >= 4 is 29.3 Å². The van der Waals surface area contributed by atoms with Crippen molar-refractivity contribution in [2.45, 2.75) is 44.2 Å². The molecule has 2 unspecified atom stereocenters. The largest absolute Gasteiger partial charge is 0.481 e. The van der Waals surface area contributed by atoms with Crippen molar-refractivity contribution in [1.29, 1.82) is 0 Å². The topological polar surface area (TPSA) is 83.5 Å². The van der Waals surface area contributed by atoms with E-state index in [4.69, 9.17) is 16.7 Å². The first kappa shape index (κ1) is 29.8. The summed E-state index contributed by atoms with van der Waals surface area (Å²) in [5.74, 6) is -5.02. The molecule has 0 heterocycles. The molecule has 0 radical (unpaired) electrons. The van der Waals surface area contributed by atoms with E-state index >= 15 is 0 Å². The molecule has 3 rings (SSSR count). The molecule has 0 spiro atoms. The average molecular weight is 564 g/mol. The van der Waals surface area contributed by atoms with Crippen molar-refractivity contribution in [1.82, 2.24) is 5.32 Å². The lowest BCUT2D eigenvalue weighted by atomic mass is 9.74. The molecule has 1 amide bonds.